The van der Waals surface area contributed by atoms with E-state index in [-0.39, 0.29) is 17.4 Å². The van der Waals surface area contributed by atoms with Crippen molar-refractivity contribution in [3.05, 3.63) is 11.6 Å². The summed E-state index contributed by atoms with van der Waals surface area (Å²) in [6.07, 6.45) is 2.60. The van der Waals surface area contributed by atoms with E-state index in [0.717, 1.165) is 6.42 Å². The first-order valence-corrected chi connectivity index (χ1v) is 5.05. The smallest absolute Gasteiger partial charge is 0.259 e. The van der Waals surface area contributed by atoms with Crippen molar-refractivity contribution in [3.63, 3.8) is 0 Å². The Labute approximate surface area is 75.8 Å². The van der Waals surface area contributed by atoms with Crippen LogP contribution in [0, 0.1) is 0 Å². The zero-order valence-corrected chi connectivity index (χ0v) is 7.71. The summed E-state index contributed by atoms with van der Waals surface area (Å²) in [5.41, 5.74) is 0. The summed E-state index contributed by atoms with van der Waals surface area (Å²) in [5.74, 6) is 0.106. The van der Waals surface area contributed by atoms with Gasteiger partial charge in [-0.2, -0.15) is 0 Å². The number of rotatable bonds is 3. The normalized spacial score (nSPS) is 32.1. The van der Waals surface area contributed by atoms with Crippen LogP contribution in [0.3, 0.4) is 0 Å². The molecule has 1 amide bonds. The van der Waals surface area contributed by atoms with Crippen molar-refractivity contribution in [2.45, 2.75) is 24.8 Å². The van der Waals surface area contributed by atoms with E-state index in [1.54, 1.807) is 16.7 Å². The molecule has 0 radical (unpaired) electrons. The topological polar surface area (TPSA) is 29.5 Å². The molecule has 2 heterocycles. The van der Waals surface area contributed by atoms with E-state index in [0.29, 0.717) is 6.61 Å². The largest absolute Gasteiger partial charge is 0.365 e. The van der Waals surface area contributed by atoms with Crippen LogP contribution < -0.4 is 0 Å². The summed E-state index contributed by atoms with van der Waals surface area (Å²) in [5, 5.41) is 2.17. The highest BCUT2D eigenvalue weighted by molar-refractivity contribution is 8.03. The quantitative estimate of drug-likeness (QED) is 0.618. The number of ether oxygens (including phenoxy) is 1. The molecule has 0 N–H and O–H groups in total. The second-order valence-electron chi connectivity index (χ2n) is 2.85. The van der Waals surface area contributed by atoms with Crippen molar-refractivity contribution < 1.29 is 9.53 Å². The fraction of sp³-hybridized carbons (Fsp3) is 0.625. The molecule has 0 aromatic rings. The van der Waals surface area contributed by atoms with Crippen LogP contribution >= 0.6 is 11.8 Å². The van der Waals surface area contributed by atoms with Crippen molar-refractivity contribution >= 4 is 17.7 Å². The van der Waals surface area contributed by atoms with E-state index in [2.05, 4.69) is 0 Å². The average molecular weight is 185 g/mol. The summed E-state index contributed by atoms with van der Waals surface area (Å²) in [6.45, 7) is 2.72. The number of amides is 1. The lowest BCUT2D eigenvalue weighted by atomic mass is 10.1. The van der Waals surface area contributed by atoms with Crippen LogP contribution in [0.4, 0.5) is 0 Å². The lowest BCUT2D eigenvalue weighted by Crippen LogP contribution is -2.60. The molecule has 0 aromatic heterocycles. The molecule has 1 fully saturated rings. The zero-order valence-electron chi connectivity index (χ0n) is 6.90. The second kappa shape index (κ2) is 3.11. The number of thioether (sulfide) groups is 1. The predicted octanol–water partition coefficient (Wildman–Crippen LogP) is 1.17. The van der Waals surface area contributed by atoms with Crippen molar-refractivity contribution in [1.29, 1.82) is 0 Å². The maximum absolute atomic E-state index is 11.3. The van der Waals surface area contributed by atoms with E-state index in [9.17, 15) is 4.79 Å². The highest BCUT2D eigenvalue weighted by atomic mass is 32.2. The van der Waals surface area contributed by atoms with Gasteiger partial charge in [-0.05, 0) is 11.8 Å². The highest BCUT2D eigenvalue weighted by Crippen LogP contribution is 2.38. The van der Waals surface area contributed by atoms with Crippen LogP contribution in [0.25, 0.3) is 0 Å². The predicted molar refractivity (Wildman–Crippen MR) is 47.4 cm³/mol. The van der Waals surface area contributed by atoms with Crippen LogP contribution in [0.1, 0.15) is 13.3 Å². The summed E-state index contributed by atoms with van der Waals surface area (Å²) < 4.78 is 5.40. The standard InChI is InChI=1S/C8H11NO2S/c1-2-4-11-6-7(10)9-3-5-12-8(6)9/h3,5-6,8H,2,4H2,1H3/t6?,8-/m0/s1. The van der Waals surface area contributed by atoms with Gasteiger partial charge < -0.3 is 9.64 Å². The van der Waals surface area contributed by atoms with Gasteiger partial charge in [-0.25, -0.2) is 0 Å². The molecule has 1 saturated heterocycles. The Bertz CT molecular complexity index is 229. The molecular weight excluding hydrogens is 174 g/mol. The first kappa shape index (κ1) is 8.13. The van der Waals surface area contributed by atoms with Crippen LogP contribution in [-0.2, 0) is 9.53 Å². The Balaban J connectivity index is 1.89. The monoisotopic (exact) mass is 185 g/mol. The Kier molecular flexibility index (Phi) is 2.11. The Hall–Kier alpha value is -0.480. The van der Waals surface area contributed by atoms with Crippen molar-refractivity contribution in [1.82, 2.24) is 4.90 Å². The summed E-state index contributed by atoms with van der Waals surface area (Å²) in [7, 11) is 0. The third-order valence-electron chi connectivity index (χ3n) is 1.97. The fourth-order valence-corrected chi connectivity index (χ4v) is 2.34. The molecule has 2 aliphatic rings. The number of hydrogen-bond donors (Lipinski definition) is 0. The molecule has 4 heteroatoms. The average Bonchev–Trinajstić information content (AvgIpc) is 2.49. The molecule has 2 rings (SSSR count). The van der Waals surface area contributed by atoms with Crippen LogP contribution in [-0.4, -0.2) is 28.9 Å². The van der Waals surface area contributed by atoms with Gasteiger partial charge >= 0.3 is 0 Å². The van der Waals surface area contributed by atoms with Crippen LogP contribution in [0.5, 0.6) is 0 Å². The maximum Gasteiger partial charge on any atom is 0.259 e. The van der Waals surface area contributed by atoms with Gasteiger partial charge in [-0.1, -0.05) is 6.92 Å². The van der Waals surface area contributed by atoms with Gasteiger partial charge in [0.05, 0.1) is 0 Å². The Morgan fingerprint density at radius 3 is 3.33 bits per heavy atom. The number of hydrogen-bond acceptors (Lipinski definition) is 3. The highest BCUT2D eigenvalue weighted by Gasteiger charge is 2.49. The minimum atomic E-state index is -0.190. The fourth-order valence-electron chi connectivity index (χ4n) is 1.33. The van der Waals surface area contributed by atoms with E-state index >= 15 is 0 Å². The lowest BCUT2D eigenvalue weighted by molar-refractivity contribution is -0.159. The lowest BCUT2D eigenvalue weighted by Gasteiger charge is -2.40. The van der Waals surface area contributed by atoms with Gasteiger partial charge in [0, 0.05) is 12.8 Å². The number of carbonyl (C=O) groups is 1. The number of β-lactam (4-membered cyclic amide) rings is 1. The minimum Gasteiger partial charge on any atom is -0.365 e. The van der Waals surface area contributed by atoms with Gasteiger partial charge in [-0.15, -0.1) is 11.8 Å². The Morgan fingerprint density at radius 2 is 2.58 bits per heavy atom. The maximum atomic E-state index is 11.3. The molecule has 0 aliphatic carbocycles. The molecular formula is C8H11NO2S. The van der Waals surface area contributed by atoms with E-state index < -0.39 is 0 Å². The summed E-state index contributed by atoms with van der Waals surface area (Å²) in [6, 6.07) is 0. The third kappa shape index (κ3) is 1.06. The SMILES string of the molecule is CCCOC1C(=O)N2C=CS[C@@H]12. The molecule has 2 atom stereocenters. The van der Waals surface area contributed by atoms with Crippen LogP contribution in [0.15, 0.2) is 11.6 Å². The third-order valence-corrected chi connectivity index (χ3v) is 3.00. The molecule has 0 aromatic carbocycles. The van der Waals surface area contributed by atoms with Crippen molar-refractivity contribution in [2.75, 3.05) is 6.61 Å². The van der Waals surface area contributed by atoms with Crippen LogP contribution in [0.2, 0.25) is 0 Å². The first-order chi connectivity index (χ1) is 5.84. The van der Waals surface area contributed by atoms with Gasteiger partial charge in [0.25, 0.3) is 5.91 Å². The first-order valence-electron chi connectivity index (χ1n) is 4.10. The zero-order chi connectivity index (χ0) is 8.55. The van der Waals surface area contributed by atoms with E-state index in [1.807, 2.05) is 18.5 Å². The van der Waals surface area contributed by atoms with Gasteiger partial charge in [0.1, 0.15) is 5.37 Å². The number of fused-ring (bicyclic) bond motifs is 1. The summed E-state index contributed by atoms with van der Waals surface area (Å²) in [4.78, 5) is 13.0. The van der Waals surface area contributed by atoms with Gasteiger partial charge in [-0.3, -0.25) is 4.79 Å². The Morgan fingerprint density at radius 1 is 1.75 bits per heavy atom. The minimum absolute atomic E-state index is 0.106. The van der Waals surface area contributed by atoms with Gasteiger partial charge in [0.2, 0.25) is 0 Å². The molecule has 0 bridgehead atoms. The molecule has 66 valence electrons. The second-order valence-corrected chi connectivity index (χ2v) is 3.88. The molecule has 0 spiro atoms. The van der Waals surface area contributed by atoms with Crippen molar-refractivity contribution in [2.24, 2.45) is 0 Å². The molecule has 1 unspecified atom stereocenters. The summed E-state index contributed by atoms with van der Waals surface area (Å²) >= 11 is 1.65. The molecule has 12 heavy (non-hydrogen) atoms. The van der Waals surface area contributed by atoms with E-state index in [1.165, 1.54) is 0 Å². The van der Waals surface area contributed by atoms with E-state index in [4.69, 9.17) is 4.74 Å². The number of carbonyl (C=O) groups excluding carboxylic acids is 1. The van der Waals surface area contributed by atoms with Crippen molar-refractivity contribution in [3.8, 4) is 0 Å². The molecule has 0 saturated carbocycles. The molecule has 2 aliphatic heterocycles. The van der Waals surface area contributed by atoms with Gasteiger partial charge in [0.15, 0.2) is 6.10 Å². The number of nitrogens with zero attached hydrogens (tertiary/aromatic N) is 1. The molecule has 3 nitrogen and oxygen atoms in total.